The smallest absolute Gasteiger partial charge is 0.327 e. The molecule has 2 N–H and O–H groups in total. The molecule has 0 spiro atoms. The van der Waals surface area contributed by atoms with Crippen LogP contribution in [0.2, 0.25) is 0 Å². The number of rotatable bonds is 26. The Labute approximate surface area is 224 Å². The SMILES string of the molecule is CCCCCCCCCCCCC/C=C/C(=O)O.CCCCCCCCCCCCC/C=C/C(=O)O. The van der Waals surface area contributed by atoms with Crippen LogP contribution in [0.25, 0.3) is 0 Å². The van der Waals surface area contributed by atoms with Crippen molar-refractivity contribution in [2.45, 2.75) is 168 Å². The third-order valence-electron chi connectivity index (χ3n) is 6.47. The molecule has 0 amide bonds. The van der Waals surface area contributed by atoms with Crippen molar-refractivity contribution in [1.29, 1.82) is 0 Å². The van der Waals surface area contributed by atoms with E-state index in [0.717, 1.165) is 25.7 Å². The Morgan fingerprint density at radius 3 is 0.861 bits per heavy atom. The van der Waals surface area contributed by atoms with Gasteiger partial charge in [-0.2, -0.15) is 0 Å². The van der Waals surface area contributed by atoms with Crippen LogP contribution in [0.5, 0.6) is 0 Å². The predicted molar refractivity (Wildman–Crippen MR) is 156 cm³/mol. The van der Waals surface area contributed by atoms with E-state index in [1.54, 1.807) is 12.2 Å². The molecule has 0 aromatic rings. The summed E-state index contributed by atoms with van der Waals surface area (Å²) < 4.78 is 0. The van der Waals surface area contributed by atoms with Gasteiger partial charge in [-0.15, -0.1) is 0 Å². The number of allylic oxidation sites excluding steroid dienone is 2. The van der Waals surface area contributed by atoms with Crippen LogP contribution in [0, 0.1) is 0 Å². The molecule has 0 saturated carbocycles. The van der Waals surface area contributed by atoms with Gasteiger partial charge in [-0.3, -0.25) is 0 Å². The molecule has 0 heterocycles. The lowest BCUT2D eigenvalue weighted by molar-refractivity contribution is -0.132. The Kier molecular flexibility index (Phi) is 34.0. The summed E-state index contributed by atoms with van der Waals surface area (Å²) in [6, 6.07) is 0. The van der Waals surface area contributed by atoms with Gasteiger partial charge >= 0.3 is 11.9 Å². The Morgan fingerprint density at radius 2 is 0.639 bits per heavy atom. The van der Waals surface area contributed by atoms with Crippen LogP contribution in [0.15, 0.2) is 24.3 Å². The van der Waals surface area contributed by atoms with Gasteiger partial charge in [0.1, 0.15) is 0 Å². The molecule has 0 fully saturated rings. The molecule has 0 aliphatic carbocycles. The van der Waals surface area contributed by atoms with Gasteiger partial charge in [0.25, 0.3) is 0 Å². The maximum Gasteiger partial charge on any atom is 0.327 e. The van der Waals surface area contributed by atoms with Crippen LogP contribution < -0.4 is 0 Å². The number of carbonyl (C=O) groups is 2. The van der Waals surface area contributed by atoms with E-state index in [1.165, 1.54) is 141 Å². The summed E-state index contributed by atoms with van der Waals surface area (Å²) in [5.41, 5.74) is 0. The number of carboxylic acids is 2. The van der Waals surface area contributed by atoms with Gasteiger partial charge in [-0.05, 0) is 25.7 Å². The molecule has 212 valence electrons. The summed E-state index contributed by atoms with van der Waals surface area (Å²) in [4.78, 5) is 20.4. The molecule has 0 saturated heterocycles. The van der Waals surface area contributed by atoms with Crippen LogP contribution >= 0.6 is 0 Å². The predicted octanol–water partition coefficient (Wildman–Crippen LogP) is 10.7. The zero-order valence-electron chi connectivity index (χ0n) is 24.0. The molecule has 0 aliphatic heterocycles. The van der Waals surface area contributed by atoms with E-state index < -0.39 is 11.9 Å². The van der Waals surface area contributed by atoms with Crippen molar-refractivity contribution in [3.8, 4) is 0 Å². The largest absolute Gasteiger partial charge is 0.478 e. The molecular formula is C32H60O4. The van der Waals surface area contributed by atoms with Crippen molar-refractivity contribution in [3.63, 3.8) is 0 Å². The molecule has 0 atom stereocenters. The van der Waals surface area contributed by atoms with Crippen LogP contribution in [0.3, 0.4) is 0 Å². The summed E-state index contributed by atoms with van der Waals surface area (Å²) >= 11 is 0. The lowest BCUT2D eigenvalue weighted by Crippen LogP contribution is -1.85. The molecule has 4 nitrogen and oxygen atoms in total. The first-order valence-corrected chi connectivity index (χ1v) is 15.3. The molecule has 0 rings (SSSR count). The first-order chi connectivity index (χ1) is 17.5. The van der Waals surface area contributed by atoms with Gasteiger partial charge in [0.15, 0.2) is 0 Å². The third-order valence-corrected chi connectivity index (χ3v) is 6.47. The van der Waals surface area contributed by atoms with E-state index in [0.29, 0.717) is 0 Å². The lowest BCUT2D eigenvalue weighted by atomic mass is 10.1. The summed E-state index contributed by atoms with van der Waals surface area (Å²) in [5.74, 6) is -1.67. The highest BCUT2D eigenvalue weighted by atomic mass is 16.4. The normalized spacial score (nSPS) is 11.2. The highest BCUT2D eigenvalue weighted by molar-refractivity contribution is 5.79. The molecular weight excluding hydrogens is 448 g/mol. The molecule has 0 aromatic heterocycles. The standard InChI is InChI=1S/2C16H30O2/c2*1-2-3-4-5-6-7-8-9-10-11-12-13-14-15-16(17)18/h2*14-15H,2-13H2,1H3,(H,17,18)/b2*15-14+. The average molecular weight is 509 g/mol. The monoisotopic (exact) mass is 508 g/mol. The van der Waals surface area contributed by atoms with Crippen molar-refractivity contribution in [3.05, 3.63) is 24.3 Å². The van der Waals surface area contributed by atoms with E-state index in [2.05, 4.69) is 13.8 Å². The molecule has 0 radical (unpaired) electrons. The number of unbranched alkanes of at least 4 members (excludes halogenated alkanes) is 22. The van der Waals surface area contributed by atoms with E-state index in [4.69, 9.17) is 10.2 Å². The maximum absolute atomic E-state index is 10.2. The molecule has 4 heteroatoms. The molecule has 0 bridgehead atoms. The molecule has 0 aliphatic rings. The van der Waals surface area contributed by atoms with Crippen molar-refractivity contribution >= 4 is 11.9 Å². The Morgan fingerprint density at radius 1 is 0.417 bits per heavy atom. The second-order valence-electron chi connectivity index (χ2n) is 10.1. The van der Waals surface area contributed by atoms with Gasteiger partial charge < -0.3 is 10.2 Å². The van der Waals surface area contributed by atoms with Crippen LogP contribution in [-0.2, 0) is 9.59 Å². The average Bonchev–Trinajstić information content (AvgIpc) is 2.85. The third kappa shape index (κ3) is 39.6. The molecule has 0 unspecified atom stereocenters. The Bertz CT molecular complexity index is 464. The highest BCUT2D eigenvalue weighted by Gasteiger charge is 1.94. The highest BCUT2D eigenvalue weighted by Crippen LogP contribution is 2.13. The maximum atomic E-state index is 10.2. The fourth-order valence-electron chi connectivity index (χ4n) is 4.22. The van der Waals surface area contributed by atoms with E-state index >= 15 is 0 Å². The van der Waals surface area contributed by atoms with Gasteiger partial charge in [0.05, 0.1) is 0 Å². The van der Waals surface area contributed by atoms with E-state index in [1.807, 2.05) is 0 Å². The molecule has 0 aromatic carbocycles. The van der Waals surface area contributed by atoms with Gasteiger partial charge in [-0.25, -0.2) is 9.59 Å². The number of aliphatic carboxylic acids is 2. The van der Waals surface area contributed by atoms with Crippen molar-refractivity contribution in [2.24, 2.45) is 0 Å². The van der Waals surface area contributed by atoms with E-state index in [-0.39, 0.29) is 0 Å². The van der Waals surface area contributed by atoms with E-state index in [9.17, 15) is 9.59 Å². The number of hydrogen-bond donors (Lipinski definition) is 2. The van der Waals surface area contributed by atoms with Crippen molar-refractivity contribution in [2.75, 3.05) is 0 Å². The quantitative estimate of drug-likeness (QED) is 0.0899. The number of hydrogen-bond acceptors (Lipinski definition) is 2. The topological polar surface area (TPSA) is 74.6 Å². The fraction of sp³-hybridized carbons (Fsp3) is 0.812. The summed E-state index contributed by atoms with van der Waals surface area (Å²) in [5, 5.41) is 16.8. The summed E-state index contributed by atoms with van der Waals surface area (Å²) in [7, 11) is 0. The first kappa shape index (κ1) is 36.6. The minimum absolute atomic E-state index is 0.835. The van der Waals surface area contributed by atoms with Gasteiger partial charge in [0, 0.05) is 12.2 Å². The second-order valence-corrected chi connectivity index (χ2v) is 10.1. The van der Waals surface area contributed by atoms with Crippen molar-refractivity contribution in [1.82, 2.24) is 0 Å². The van der Waals surface area contributed by atoms with Gasteiger partial charge in [0.2, 0.25) is 0 Å². The Balaban J connectivity index is 0. The fourth-order valence-corrected chi connectivity index (χ4v) is 4.22. The molecule has 36 heavy (non-hydrogen) atoms. The van der Waals surface area contributed by atoms with Gasteiger partial charge in [-0.1, -0.05) is 154 Å². The zero-order chi connectivity index (χ0) is 27.0. The van der Waals surface area contributed by atoms with Crippen LogP contribution in [0.1, 0.15) is 168 Å². The van der Waals surface area contributed by atoms with Crippen LogP contribution in [-0.4, -0.2) is 22.2 Å². The zero-order valence-corrected chi connectivity index (χ0v) is 24.0. The number of carboxylic acid groups (broad SMARTS) is 2. The van der Waals surface area contributed by atoms with Crippen LogP contribution in [0.4, 0.5) is 0 Å². The summed E-state index contributed by atoms with van der Waals surface area (Å²) in [6.45, 7) is 4.51. The lowest BCUT2D eigenvalue weighted by Gasteiger charge is -2.01. The van der Waals surface area contributed by atoms with Crippen molar-refractivity contribution < 1.29 is 19.8 Å². The first-order valence-electron chi connectivity index (χ1n) is 15.3. The second kappa shape index (κ2) is 33.4. The Hall–Kier alpha value is -1.58. The summed E-state index contributed by atoms with van der Waals surface area (Å²) in [6.07, 6.45) is 37.3. The minimum atomic E-state index is -0.835. The minimum Gasteiger partial charge on any atom is -0.478 e.